The van der Waals surface area contributed by atoms with Gasteiger partial charge in [0.25, 0.3) is 0 Å². The first-order valence-electron chi connectivity index (χ1n) is 9.75. The molecule has 0 unspecified atom stereocenters. The van der Waals surface area contributed by atoms with Gasteiger partial charge in [0.15, 0.2) is 0 Å². The van der Waals surface area contributed by atoms with Gasteiger partial charge in [-0.05, 0) is 48.0 Å². The Morgan fingerprint density at radius 1 is 0.586 bits per heavy atom. The largest absolute Gasteiger partial charge is 0.444 e. The zero-order valence-electron chi connectivity index (χ0n) is 18.4. The fourth-order valence-electron chi connectivity index (χ4n) is 1.91. The Labute approximate surface area is 172 Å². The number of amides is 4. The van der Waals surface area contributed by atoms with Crippen LogP contribution in [0.1, 0.15) is 60.8 Å². The highest BCUT2D eigenvalue weighted by Gasteiger charge is 2.16. The van der Waals surface area contributed by atoms with Crippen molar-refractivity contribution in [2.24, 2.45) is 0 Å². The van der Waals surface area contributed by atoms with Crippen molar-refractivity contribution in [1.82, 2.24) is 21.3 Å². The van der Waals surface area contributed by atoms with E-state index < -0.39 is 23.4 Å². The zero-order chi connectivity index (χ0) is 22.5. The van der Waals surface area contributed by atoms with Crippen molar-refractivity contribution in [3.05, 3.63) is 0 Å². The number of carbonyl (C=O) groups is 4. The van der Waals surface area contributed by atoms with Gasteiger partial charge >= 0.3 is 12.2 Å². The topological polar surface area (TPSA) is 135 Å². The average Bonchev–Trinajstić information content (AvgIpc) is 2.51. The first-order chi connectivity index (χ1) is 13.3. The molecule has 10 heteroatoms. The van der Waals surface area contributed by atoms with Crippen molar-refractivity contribution in [1.29, 1.82) is 0 Å². The van der Waals surface area contributed by atoms with Crippen LogP contribution in [-0.4, -0.2) is 61.4 Å². The van der Waals surface area contributed by atoms with E-state index in [9.17, 15) is 19.2 Å². The van der Waals surface area contributed by atoms with Crippen molar-refractivity contribution >= 4 is 24.0 Å². The monoisotopic (exact) mass is 416 g/mol. The Balaban J connectivity index is 3.65. The molecular formula is C19H36N4O6. The molecule has 10 nitrogen and oxygen atoms in total. The summed E-state index contributed by atoms with van der Waals surface area (Å²) < 4.78 is 10.1. The van der Waals surface area contributed by atoms with Crippen molar-refractivity contribution in [2.75, 3.05) is 26.2 Å². The second-order valence-corrected chi connectivity index (χ2v) is 8.41. The van der Waals surface area contributed by atoms with E-state index in [1.165, 1.54) is 0 Å². The van der Waals surface area contributed by atoms with Crippen LogP contribution in [0.4, 0.5) is 9.59 Å². The molecule has 0 saturated heterocycles. The SMILES string of the molecule is CC(C)(C)OC(=O)NCCC(=O)NCCCNC(=O)CCNC(=O)OC(C)(C)C. The van der Waals surface area contributed by atoms with E-state index in [1.807, 2.05) is 0 Å². The summed E-state index contributed by atoms with van der Waals surface area (Å²) in [4.78, 5) is 46.2. The molecule has 0 bridgehead atoms. The van der Waals surface area contributed by atoms with Gasteiger partial charge in [-0.15, -0.1) is 0 Å². The smallest absolute Gasteiger partial charge is 0.407 e. The maximum atomic E-state index is 11.7. The van der Waals surface area contributed by atoms with Crippen LogP contribution in [0.15, 0.2) is 0 Å². The summed E-state index contributed by atoms with van der Waals surface area (Å²) in [6, 6.07) is 0. The third-order valence-corrected chi connectivity index (χ3v) is 3.04. The van der Waals surface area contributed by atoms with Crippen LogP contribution in [0.25, 0.3) is 0 Å². The molecule has 0 atom stereocenters. The number of hydrogen-bond donors (Lipinski definition) is 4. The molecule has 0 aliphatic heterocycles. The van der Waals surface area contributed by atoms with E-state index in [4.69, 9.17) is 9.47 Å². The Hall–Kier alpha value is -2.52. The Morgan fingerprint density at radius 3 is 1.24 bits per heavy atom. The molecule has 4 amide bonds. The molecule has 0 rings (SSSR count). The van der Waals surface area contributed by atoms with Gasteiger partial charge in [0.1, 0.15) is 11.2 Å². The third-order valence-electron chi connectivity index (χ3n) is 3.04. The van der Waals surface area contributed by atoms with Crippen molar-refractivity contribution in [3.8, 4) is 0 Å². The van der Waals surface area contributed by atoms with Gasteiger partial charge < -0.3 is 30.7 Å². The van der Waals surface area contributed by atoms with Gasteiger partial charge in [-0.25, -0.2) is 9.59 Å². The highest BCUT2D eigenvalue weighted by Crippen LogP contribution is 2.06. The molecule has 4 N–H and O–H groups in total. The fourth-order valence-corrected chi connectivity index (χ4v) is 1.91. The summed E-state index contributed by atoms with van der Waals surface area (Å²) in [6.45, 7) is 11.7. The maximum Gasteiger partial charge on any atom is 0.407 e. The Bertz CT molecular complexity index is 504. The Morgan fingerprint density at radius 2 is 0.931 bits per heavy atom. The van der Waals surface area contributed by atoms with Crippen LogP contribution in [-0.2, 0) is 19.1 Å². The van der Waals surface area contributed by atoms with Crippen LogP contribution in [0.5, 0.6) is 0 Å². The minimum Gasteiger partial charge on any atom is -0.444 e. The molecule has 0 spiro atoms. The van der Waals surface area contributed by atoms with Crippen molar-refractivity contribution in [3.63, 3.8) is 0 Å². The number of hydrogen-bond acceptors (Lipinski definition) is 6. The molecule has 0 aromatic carbocycles. The number of nitrogens with one attached hydrogen (secondary N) is 4. The van der Waals surface area contributed by atoms with E-state index in [0.29, 0.717) is 19.5 Å². The first kappa shape index (κ1) is 26.5. The molecule has 0 aromatic rings. The standard InChI is InChI=1S/C19H36N4O6/c1-18(2,3)28-16(26)22-12-8-14(24)20-10-7-11-21-15(25)9-13-23-17(27)29-19(4,5)6/h7-13H2,1-6H3,(H,20,24)(H,21,25)(H,22,26)(H,23,27). The molecule has 29 heavy (non-hydrogen) atoms. The van der Waals surface area contributed by atoms with Crippen LogP contribution < -0.4 is 21.3 Å². The van der Waals surface area contributed by atoms with Gasteiger partial charge in [-0.3, -0.25) is 9.59 Å². The predicted octanol–water partition coefficient (Wildman–Crippen LogP) is 1.44. The predicted molar refractivity (Wildman–Crippen MR) is 108 cm³/mol. The minimum atomic E-state index is -0.581. The highest BCUT2D eigenvalue weighted by molar-refractivity contribution is 5.77. The number of alkyl carbamates (subject to hydrolysis) is 2. The molecular weight excluding hydrogens is 380 g/mol. The van der Waals surface area contributed by atoms with E-state index in [1.54, 1.807) is 41.5 Å². The molecule has 0 aliphatic carbocycles. The molecule has 0 fully saturated rings. The van der Waals surface area contributed by atoms with Crippen molar-refractivity contribution < 1.29 is 28.7 Å². The molecule has 0 aliphatic rings. The lowest BCUT2D eigenvalue weighted by molar-refractivity contribution is -0.121. The van der Waals surface area contributed by atoms with E-state index in [2.05, 4.69) is 21.3 Å². The first-order valence-corrected chi connectivity index (χ1v) is 9.75. The maximum absolute atomic E-state index is 11.7. The number of carbonyl (C=O) groups excluding carboxylic acids is 4. The van der Waals surface area contributed by atoms with Crippen LogP contribution >= 0.6 is 0 Å². The zero-order valence-corrected chi connectivity index (χ0v) is 18.4. The quantitative estimate of drug-likeness (QED) is 0.398. The normalized spacial score (nSPS) is 11.2. The lowest BCUT2D eigenvalue weighted by Gasteiger charge is -2.19. The van der Waals surface area contributed by atoms with Crippen LogP contribution in [0.3, 0.4) is 0 Å². The summed E-state index contributed by atoms with van der Waals surface area (Å²) in [6.07, 6.45) is -0.274. The molecule has 168 valence electrons. The van der Waals surface area contributed by atoms with Gasteiger partial charge in [-0.2, -0.15) is 0 Å². The number of rotatable bonds is 10. The highest BCUT2D eigenvalue weighted by atomic mass is 16.6. The van der Waals surface area contributed by atoms with Gasteiger partial charge in [0.05, 0.1) is 0 Å². The molecule has 0 saturated carbocycles. The summed E-state index contributed by atoms with van der Waals surface area (Å²) in [5.41, 5.74) is -1.16. The summed E-state index contributed by atoms with van der Waals surface area (Å²) in [7, 11) is 0. The Kier molecular flexibility index (Phi) is 11.7. The van der Waals surface area contributed by atoms with Crippen LogP contribution in [0.2, 0.25) is 0 Å². The van der Waals surface area contributed by atoms with Crippen molar-refractivity contribution in [2.45, 2.75) is 72.0 Å². The molecule has 0 radical (unpaired) electrons. The van der Waals surface area contributed by atoms with Gasteiger partial charge in [0.2, 0.25) is 11.8 Å². The third kappa shape index (κ3) is 18.6. The lowest BCUT2D eigenvalue weighted by Crippen LogP contribution is -2.36. The summed E-state index contributed by atoms with van der Waals surface area (Å²) >= 11 is 0. The van der Waals surface area contributed by atoms with E-state index in [0.717, 1.165) is 0 Å². The average molecular weight is 417 g/mol. The van der Waals surface area contributed by atoms with E-state index >= 15 is 0 Å². The number of ether oxygens (including phenoxy) is 2. The van der Waals surface area contributed by atoms with E-state index in [-0.39, 0.29) is 37.7 Å². The second kappa shape index (κ2) is 12.8. The van der Waals surface area contributed by atoms with Crippen LogP contribution in [0, 0.1) is 0 Å². The fraction of sp³-hybridized carbons (Fsp3) is 0.789. The van der Waals surface area contributed by atoms with Gasteiger partial charge in [-0.1, -0.05) is 0 Å². The minimum absolute atomic E-state index is 0.141. The lowest BCUT2D eigenvalue weighted by atomic mass is 10.2. The summed E-state index contributed by atoms with van der Waals surface area (Å²) in [5.74, 6) is -0.400. The van der Waals surface area contributed by atoms with Gasteiger partial charge in [0, 0.05) is 39.0 Å². The second-order valence-electron chi connectivity index (χ2n) is 8.41. The molecule has 0 heterocycles. The summed E-state index contributed by atoms with van der Waals surface area (Å²) in [5, 5.41) is 10.4. The molecule has 0 aromatic heterocycles.